The summed E-state index contributed by atoms with van der Waals surface area (Å²) in [6, 6.07) is 8.13. The van der Waals surface area contributed by atoms with E-state index in [-0.39, 0.29) is 18.8 Å². The van der Waals surface area contributed by atoms with Crippen LogP contribution in [0.25, 0.3) is 0 Å². The Morgan fingerprint density at radius 1 is 1.23 bits per heavy atom. The molecule has 0 radical (unpaired) electrons. The first-order valence-electron chi connectivity index (χ1n) is 6.70. The molecular formula is C15H19NO5S. The molecule has 1 amide bonds. The maximum absolute atomic E-state index is 11.9. The minimum absolute atomic E-state index is 0.106. The fourth-order valence-electron chi connectivity index (χ4n) is 1.68. The van der Waals surface area contributed by atoms with Gasteiger partial charge in [-0.15, -0.1) is 0 Å². The van der Waals surface area contributed by atoms with Crippen LogP contribution in [-0.2, 0) is 25.7 Å². The predicted octanol–water partition coefficient (Wildman–Crippen LogP) is 1.73. The van der Waals surface area contributed by atoms with Crippen LogP contribution in [0.3, 0.4) is 0 Å². The van der Waals surface area contributed by atoms with Crippen molar-refractivity contribution in [3.8, 4) is 0 Å². The minimum Gasteiger partial charge on any atom is -0.461 e. The normalized spacial score (nSPS) is 12.9. The van der Waals surface area contributed by atoms with Crippen LogP contribution in [0.2, 0.25) is 0 Å². The van der Waals surface area contributed by atoms with Gasteiger partial charge in [-0.3, -0.25) is 9.59 Å². The van der Waals surface area contributed by atoms with Crippen LogP contribution in [0.15, 0.2) is 30.3 Å². The van der Waals surface area contributed by atoms with E-state index in [0.717, 1.165) is 5.56 Å². The van der Waals surface area contributed by atoms with E-state index in [1.54, 1.807) is 6.92 Å². The van der Waals surface area contributed by atoms with E-state index in [1.807, 2.05) is 30.3 Å². The van der Waals surface area contributed by atoms with Gasteiger partial charge in [0.15, 0.2) is 5.78 Å². The maximum atomic E-state index is 11.9. The number of methoxy groups -OCH3 is 1. The van der Waals surface area contributed by atoms with Crippen molar-refractivity contribution in [3.63, 3.8) is 0 Å². The topological polar surface area (TPSA) is 81.7 Å². The molecule has 2 atom stereocenters. The van der Waals surface area contributed by atoms with E-state index in [2.05, 4.69) is 22.7 Å². The van der Waals surface area contributed by atoms with Gasteiger partial charge in [-0.25, -0.2) is 4.79 Å². The third-order valence-electron chi connectivity index (χ3n) is 2.85. The highest BCUT2D eigenvalue weighted by Gasteiger charge is 2.27. The molecule has 0 saturated carbocycles. The Morgan fingerprint density at radius 2 is 1.86 bits per heavy atom. The summed E-state index contributed by atoms with van der Waals surface area (Å²) >= 11 is 4.02. The van der Waals surface area contributed by atoms with Crippen molar-refractivity contribution in [2.45, 2.75) is 31.2 Å². The summed E-state index contributed by atoms with van der Waals surface area (Å²) in [5.74, 6) is -0.974. The van der Waals surface area contributed by atoms with E-state index in [9.17, 15) is 14.4 Å². The molecule has 1 unspecified atom stereocenters. The third kappa shape index (κ3) is 6.17. The van der Waals surface area contributed by atoms with Crippen molar-refractivity contribution in [2.24, 2.45) is 0 Å². The van der Waals surface area contributed by atoms with Crippen LogP contribution in [0.4, 0.5) is 4.79 Å². The van der Waals surface area contributed by atoms with Crippen molar-refractivity contribution >= 4 is 30.5 Å². The highest BCUT2D eigenvalue weighted by Crippen LogP contribution is 2.07. The number of amides is 1. The number of nitrogens with one attached hydrogen (secondary N) is 1. The molecule has 0 bridgehead atoms. The number of carbonyl (C=O) groups is 3. The predicted molar refractivity (Wildman–Crippen MR) is 83.6 cm³/mol. The van der Waals surface area contributed by atoms with Gasteiger partial charge in [0.2, 0.25) is 0 Å². The average Bonchev–Trinajstić information content (AvgIpc) is 2.52. The molecule has 1 aromatic rings. The molecular weight excluding hydrogens is 306 g/mol. The Kier molecular flexibility index (Phi) is 7.45. The lowest BCUT2D eigenvalue weighted by Gasteiger charge is -2.17. The van der Waals surface area contributed by atoms with Gasteiger partial charge < -0.3 is 14.8 Å². The fourth-order valence-corrected chi connectivity index (χ4v) is 1.86. The van der Waals surface area contributed by atoms with Crippen molar-refractivity contribution in [2.75, 3.05) is 7.11 Å². The Hall–Kier alpha value is -2.02. The second-order valence-corrected chi connectivity index (χ2v) is 5.39. The summed E-state index contributed by atoms with van der Waals surface area (Å²) in [4.78, 5) is 35.0. The molecule has 7 heteroatoms. The number of esters is 1. The number of hydrogen-bond acceptors (Lipinski definition) is 6. The van der Waals surface area contributed by atoms with Crippen molar-refractivity contribution in [1.29, 1.82) is 0 Å². The summed E-state index contributed by atoms with van der Waals surface area (Å²) in [7, 11) is 1.18. The maximum Gasteiger partial charge on any atom is 0.407 e. The lowest BCUT2D eigenvalue weighted by molar-refractivity contribution is -0.146. The second kappa shape index (κ2) is 9.09. The third-order valence-corrected chi connectivity index (χ3v) is 3.10. The van der Waals surface area contributed by atoms with Gasteiger partial charge in [-0.05, 0) is 12.5 Å². The SMILES string of the molecule is COC(=O)N[C@@H](CC(=O)OCc1ccccc1)C(=O)C(C)S. The molecule has 6 nitrogen and oxygen atoms in total. The standard InChI is InChI=1S/C15H19NO5S/c1-10(22)14(18)12(16-15(19)20-2)8-13(17)21-9-11-6-4-3-5-7-11/h3-7,10,12,22H,8-9H2,1-2H3,(H,16,19)/t10?,12-/m0/s1. The van der Waals surface area contributed by atoms with Crippen LogP contribution in [0.1, 0.15) is 18.9 Å². The fraction of sp³-hybridized carbons (Fsp3) is 0.400. The van der Waals surface area contributed by atoms with Crippen LogP contribution in [0, 0.1) is 0 Å². The van der Waals surface area contributed by atoms with Gasteiger partial charge in [0, 0.05) is 0 Å². The summed E-state index contributed by atoms with van der Waals surface area (Å²) in [5, 5.41) is 1.70. The molecule has 120 valence electrons. The summed E-state index contributed by atoms with van der Waals surface area (Å²) in [6.45, 7) is 1.67. The van der Waals surface area contributed by atoms with Gasteiger partial charge in [-0.1, -0.05) is 30.3 Å². The molecule has 0 fully saturated rings. The van der Waals surface area contributed by atoms with E-state index < -0.39 is 23.4 Å². The number of carbonyl (C=O) groups excluding carboxylic acids is 3. The number of alkyl carbamates (subject to hydrolysis) is 1. The molecule has 1 N–H and O–H groups in total. The zero-order valence-electron chi connectivity index (χ0n) is 12.4. The zero-order valence-corrected chi connectivity index (χ0v) is 13.3. The van der Waals surface area contributed by atoms with E-state index >= 15 is 0 Å². The largest absolute Gasteiger partial charge is 0.461 e. The number of rotatable bonds is 7. The Labute approximate surface area is 134 Å². The minimum atomic E-state index is -1.02. The average molecular weight is 325 g/mol. The van der Waals surface area contributed by atoms with E-state index in [4.69, 9.17) is 4.74 Å². The highest BCUT2D eigenvalue weighted by atomic mass is 32.1. The van der Waals surface area contributed by atoms with Crippen molar-refractivity contribution in [3.05, 3.63) is 35.9 Å². The monoisotopic (exact) mass is 325 g/mol. The summed E-state index contributed by atoms with van der Waals surface area (Å²) in [5.41, 5.74) is 0.835. The van der Waals surface area contributed by atoms with Gasteiger partial charge >= 0.3 is 12.1 Å². The quantitative estimate of drug-likeness (QED) is 0.589. The molecule has 22 heavy (non-hydrogen) atoms. The van der Waals surface area contributed by atoms with Crippen molar-refractivity contribution in [1.82, 2.24) is 5.32 Å². The second-order valence-electron chi connectivity index (χ2n) is 4.62. The Balaban J connectivity index is 2.58. The zero-order chi connectivity index (χ0) is 16.5. The first kappa shape index (κ1) is 18.0. The van der Waals surface area contributed by atoms with E-state index in [1.165, 1.54) is 7.11 Å². The number of benzene rings is 1. The molecule has 0 aliphatic carbocycles. The first-order valence-corrected chi connectivity index (χ1v) is 7.21. The number of hydrogen-bond donors (Lipinski definition) is 2. The van der Waals surface area contributed by atoms with E-state index in [0.29, 0.717) is 0 Å². The molecule has 1 rings (SSSR count). The summed E-state index contributed by atoms with van der Waals surface area (Å²) in [6.07, 6.45) is -1.06. The van der Waals surface area contributed by atoms with Gasteiger partial charge in [0.25, 0.3) is 0 Å². The van der Waals surface area contributed by atoms with Crippen LogP contribution in [-0.4, -0.2) is 36.2 Å². The van der Waals surface area contributed by atoms with Gasteiger partial charge in [0.05, 0.1) is 18.8 Å². The number of thiol groups is 1. The molecule has 0 aliphatic heterocycles. The van der Waals surface area contributed by atoms with Crippen LogP contribution in [0.5, 0.6) is 0 Å². The molecule has 0 heterocycles. The van der Waals surface area contributed by atoms with Crippen LogP contribution >= 0.6 is 12.6 Å². The smallest absolute Gasteiger partial charge is 0.407 e. The lowest BCUT2D eigenvalue weighted by Crippen LogP contribution is -2.45. The van der Waals surface area contributed by atoms with Gasteiger partial charge in [0.1, 0.15) is 12.6 Å². The first-order chi connectivity index (χ1) is 10.4. The highest BCUT2D eigenvalue weighted by molar-refractivity contribution is 7.81. The molecule has 0 spiro atoms. The Morgan fingerprint density at radius 3 is 2.41 bits per heavy atom. The molecule has 0 saturated heterocycles. The van der Waals surface area contributed by atoms with Gasteiger partial charge in [-0.2, -0.15) is 12.6 Å². The number of Topliss-reactive ketones (excluding diaryl/α,β-unsaturated/α-hetero) is 1. The summed E-state index contributed by atoms with van der Waals surface area (Å²) < 4.78 is 9.54. The van der Waals surface area contributed by atoms with Crippen LogP contribution < -0.4 is 5.32 Å². The molecule has 0 aromatic heterocycles. The number of ether oxygens (including phenoxy) is 2. The lowest BCUT2D eigenvalue weighted by atomic mass is 10.1. The van der Waals surface area contributed by atoms with Crippen molar-refractivity contribution < 1.29 is 23.9 Å². The Bertz CT molecular complexity index is 518. The number of ketones is 1. The molecule has 1 aromatic carbocycles. The molecule has 0 aliphatic rings.